The summed E-state index contributed by atoms with van der Waals surface area (Å²) >= 11 is 0. The van der Waals surface area contributed by atoms with Crippen LogP contribution in [0.25, 0.3) is 0 Å². The average molecular weight is 297 g/mol. The first kappa shape index (κ1) is 15.0. The molecule has 6 nitrogen and oxygen atoms in total. The number of nitrogens with zero attached hydrogens (tertiary/aromatic N) is 2. The Hall–Kier alpha value is -1.44. The zero-order chi connectivity index (χ0) is 14.8. The van der Waals surface area contributed by atoms with Crippen LogP contribution in [0.2, 0.25) is 0 Å². The van der Waals surface area contributed by atoms with Gasteiger partial charge in [0.2, 0.25) is 5.91 Å². The van der Waals surface area contributed by atoms with Crippen molar-refractivity contribution in [2.75, 3.05) is 32.1 Å². The minimum absolute atomic E-state index is 0.00238. The molecule has 110 valence electrons. The molecule has 1 aromatic carbocycles. The van der Waals surface area contributed by atoms with Gasteiger partial charge < -0.3 is 4.90 Å². The van der Waals surface area contributed by atoms with Crippen LogP contribution in [0.3, 0.4) is 0 Å². The Bertz CT molecular complexity index is 572. The number of carbonyl (C=O) groups excluding carboxylic acids is 1. The summed E-state index contributed by atoms with van der Waals surface area (Å²) in [4.78, 5) is 13.7. The summed E-state index contributed by atoms with van der Waals surface area (Å²) in [6, 6.07) is 9.41. The van der Waals surface area contributed by atoms with E-state index >= 15 is 0 Å². The van der Waals surface area contributed by atoms with E-state index in [0.717, 1.165) is 9.99 Å². The number of amides is 1. The summed E-state index contributed by atoms with van der Waals surface area (Å²) < 4.78 is 26.9. The number of benzene rings is 1. The van der Waals surface area contributed by atoms with Gasteiger partial charge in [-0.25, -0.2) is 4.72 Å². The lowest BCUT2D eigenvalue weighted by Crippen LogP contribution is -2.38. The monoisotopic (exact) mass is 297 g/mol. The SMILES string of the molecule is CN(C)S(=O)(=O)NCC1CC(=O)N(c2ccccc2)C1. The zero-order valence-corrected chi connectivity index (χ0v) is 12.4. The Balaban J connectivity index is 1.97. The standard InChI is InChI=1S/C13H19N3O3S/c1-15(2)20(18,19)14-9-11-8-13(17)16(10-11)12-6-4-3-5-7-12/h3-7,11,14H,8-10H2,1-2H3. The second-order valence-corrected chi connectivity index (χ2v) is 7.02. The molecule has 1 saturated heterocycles. The number of carbonyl (C=O) groups is 1. The summed E-state index contributed by atoms with van der Waals surface area (Å²) in [6.45, 7) is 0.814. The van der Waals surface area contributed by atoms with Gasteiger partial charge in [-0.15, -0.1) is 0 Å². The number of hydrogen-bond acceptors (Lipinski definition) is 3. The average Bonchev–Trinajstić information content (AvgIpc) is 2.79. The molecule has 7 heteroatoms. The van der Waals surface area contributed by atoms with Gasteiger partial charge in [-0.05, 0) is 18.1 Å². The quantitative estimate of drug-likeness (QED) is 0.857. The molecule has 0 bridgehead atoms. The van der Waals surface area contributed by atoms with Crippen molar-refractivity contribution in [2.45, 2.75) is 6.42 Å². The molecule has 1 amide bonds. The molecular weight excluding hydrogens is 278 g/mol. The van der Waals surface area contributed by atoms with E-state index in [1.165, 1.54) is 14.1 Å². The van der Waals surface area contributed by atoms with Crippen LogP contribution in [-0.4, -0.2) is 45.8 Å². The Kier molecular flexibility index (Phi) is 4.42. The normalized spacial score (nSPS) is 19.9. The van der Waals surface area contributed by atoms with Crippen LogP contribution >= 0.6 is 0 Å². The van der Waals surface area contributed by atoms with Crippen LogP contribution in [0.15, 0.2) is 30.3 Å². The van der Waals surface area contributed by atoms with E-state index in [0.29, 0.717) is 13.0 Å². The lowest BCUT2D eigenvalue weighted by Gasteiger charge is -2.17. The van der Waals surface area contributed by atoms with Gasteiger partial charge in [0.1, 0.15) is 0 Å². The summed E-state index contributed by atoms with van der Waals surface area (Å²) in [5.74, 6) is 0.0303. The maximum atomic E-state index is 12.0. The number of para-hydroxylation sites is 1. The molecule has 1 aliphatic heterocycles. The van der Waals surface area contributed by atoms with Crippen molar-refractivity contribution in [3.05, 3.63) is 30.3 Å². The molecule has 0 radical (unpaired) electrons. The van der Waals surface area contributed by atoms with Crippen LogP contribution in [0.1, 0.15) is 6.42 Å². The van der Waals surface area contributed by atoms with Gasteiger partial charge in [0.05, 0.1) is 0 Å². The first-order chi connectivity index (χ1) is 9.40. The third-order valence-electron chi connectivity index (χ3n) is 3.31. The van der Waals surface area contributed by atoms with Crippen molar-refractivity contribution in [3.63, 3.8) is 0 Å². The largest absolute Gasteiger partial charge is 0.312 e. The molecule has 1 atom stereocenters. The lowest BCUT2D eigenvalue weighted by atomic mass is 10.1. The van der Waals surface area contributed by atoms with Gasteiger partial charge in [0.15, 0.2) is 0 Å². The first-order valence-electron chi connectivity index (χ1n) is 6.42. The van der Waals surface area contributed by atoms with Gasteiger partial charge >= 0.3 is 0 Å². The molecule has 1 N–H and O–H groups in total. The predicted octanol–water partition coefficient (Wildman–Crippen LogP) is 0.436. The van der Waals surface area contributed by atoms with E-state index in [9.17, 15) is 13.2 Å². The highest BCUT2D eigenvalue weighted by molar-refractivity contribution is 7.87. The van der Waals surface area contributed by atoms with E-state index in [2.05, 4.69) is 4.72 Å². The molecule has 20 heavy (non-hydrogen) atoms. The van der Waals surface area contributed by atoms with Crippen molar-refractivity contribution < 1.29 is 13.2 Å². The Morgan fingerprint density at radius 2 is 1.95 bits per heavy atom. The summed E-state index contributed by atoms with van der Waals surface area (Å²) in [7, 11) is -0.490. The van der Waals surface area contributed by atoms with Gasteiger partial charge in [-0.2, -0.15) is 12.7 Å². The minimum atomic E-state index is -3.43. The Labute approximate surface area is 119 Å². The van der Waals surface area contributed by atoms with Crippen LogP contribution in [0.5, 0.6) is 0 Å². The molecule has 1 fully saturated rings. The Morgan fingerprint density at radius 1 is 1.30 bits per heavy atom. The molecule has 0 spiro atoms. The zero-order valence-electron chi connectivity index (χ0n) is 11.6. The summed E-state index contributed by atoms with van der Waals surface area (Å²) in [6.07, 6.45) is 0.366. The van der Waals surface area contributed by atoms with Crippen LogP contribution in [0.4, 0.5) is 5.69 Å². The van der Waals surface area contributed by atoms with E-state index in [1.807, 2.05) is 30.3 Å². The van der Waals surface area contributed by atoms with Crippen molar-refractivity contribution in [3.8, 4) is 0 Å². The number of hydrogen-bond donors (Lipinski definition) is 1. The summed E-state index contributed by atoms with van der Waals surface area (Å²) in [5, 5.41) is 0. The van der Waals surface area contributed by atoms with E-state index in [-0.39, 0.29) is 18.4 Å². The molecule has 0 saturated carbocycles. The first-order valence-corrected chi connectivity index (χ1v) is 7.86. The Morgan fingerprint density at radius 3 is 2.55 bits per heavy atom. The van der Waals surface area contributed by atoms with E-state index in [4.69, 9.17) is 0 Å². The molecule has 2 rings (SSSR count). The maximum absolute atomic E-state index is 12.0. The van der Waals surface area contributed by atoms with Gasteiger partial charge in [-0.1, -0.05) is 18.2 Å². The second-order valence-electron chi connectivity index (χ2n) is 5.05. The topological polar surface area (TPSA) is 69.7 Å². The molecule has 1 aliphatic rings. The molecule has 0 aliphatic carbocycles. The van der Waals surface area contributed by atoms with Crippen molar-refractivity contribution >= 4 is 21.8 Å². The molecular formula is C13H19N3O3S. The highest BCUT2D eigenvalue weighted by Gasteiger charge is 2.31. The fraction of sp³-hybridized carbons (Fsp3) is 0.462. The summed E-state index contributed by atoms with van der Waals surface area (Å²) in [5.41, 5.74) is 0.857. The highest BCUT2D eigenvalue weighted by Crippen LogP contribution is 2.24. The third kappa shape index (κ3) is 3.36. The van der Waals surface area contributed by atoms with Crippen molar-refractivity contribution in [1.82, 2.24) is 9.03 Å². The fourth-order valence-corrected chi connectivity index (χ4v) is 2.83. The van der Waals surface area contributed by atoms with Crippen LogP contribution in [0, 0.1) is 5.92 Å². The molecule has 1 heterocycles. The predicted molar refractivity (Wildman–Crippen MR) is 77.5 cm³/mol. The van der Waals surface area contributed by atoms with Crippen molar-refractivity contribution in [1.29, 1.82) is 0 Å². The lowest BCUT2D eigenvalue weighted by molar-refractivity contribution is -0.117. The van der Waals surface area contributed by atoms with Gasteiger partial charge in [-0.3, -0.25) is 4.79 Å². The van der Waals surface area contributed by atoms with Crippen molar-refractivity contribution in [2.24, 2.45) is 5.92 Å². The van der Waals surface area contributed by atoms with E-state index in [1.54, 1.807) is 4.90 Å². The maximum Gasteiger partial charge on any atom is 0.278 e. The number of anilines is 1. The number of nitrogens with one attached hydrogen (secondary N) is 1. The third-order valence-corrected chi connectivity index (χ3v) is 4.80. The van der Waals surface area contributed by atoms with Crippen LogP contribution in [-0.2, 0) is 15.0 Å². The smallest absolute Gasteiger partial charge is 0.278 e. The fourth-order valence-electron chi connectivity index (χ4n) is 2.13. The van der Waals surface area contributed by atoms with Gasteiger partial charge in [0.25, 0.3) is 10.2 Å². The minimum Gasteiger partial charge on any atom is -0.312 e. The molecule has 1 aromatic rings. The molecule has 0 aromatic heterocycles. The van der Waals surface area contributed by atoms with Gasteiger partial charge in [0, 0.05) is 39.3 Å². The number of rotatable bonds is 5. The second kappa shape index (κ2) is 5.90. The van der Waals surface area contributed by atoms with Crippen LogP contribution < -0.4 is 9.62 Å². The highest BCUT2D eigenvalue weighted by atomic mass is 32.2. The van der Waals surface area contributed by atoms with E-state index < -0.39 is 10.2 Å². The molecule has 1 unspecified atom stereocenters.